The van der Waals surface area contributed by atoms with Crippen molar-refractivity contribution in [3.63, 3.8) is 0 Å². The average Bonchev–Trinajstić information content (AvgIpc) is 3.24. The fraction of sp³-hybridized carbons (Fsp3) is 0.421. The number of hydroxylamine groups is 6. The summed E-state index contributed by atoms with van der Waals surface area (Å²) in [6.07, 6.45) is 0. The molecule has 10 nitrogen and oxygen atoms in total. The zero-order valence-corrected chi connectivity index (χ0v) is 29.4. The summed E-state index contributed by atoms with van der Waals surface area (Å²) in [5, 5.41) is 58.8. The lowest BCUT2D eigenvalue weighted by Gasteiger charge is -2.32. The van der Waals surface area contributed by atoms with Crippen molar-refractivity contribution in [1.29, 1.82) is 0 Å². The first-order chi connectivity index (χ1) is 22.4. The zero-order chi connectivity index (χ0) is 35.1. The molecule has 4 aromatic carbocycles. The summed E-state index contributed by atoms with van der Waals surface area (Å²) in [6, 6.07) is 18.8. The predicted octanol–water partition coefficient (Wildman–Crippen LogP) is 7.41. The molecule has 0 spiro atoms. The van der Waals surface area contributed by atoms with Crippen molar-refractivity contribution in [1.82, 2.24) is 10.1 Å². The highest BCUT2D eigenvalue weighted by Gasteiger charge is 2.61. The number of amidine groups is 2. The molecule has 0 N–H and O–H groups in total. The standard InChI is InChI=1S/C38H44N4O6/c1-11-47-29-19-15-23-21-25(33-39(43)35(3,4)36(5,6)40(33)44)13-17-27(23)31(29)32-28-18-14-26(22-24(28)16-20-30(32)48-12-2)34-41(45)37(7,8)38(9,10)42(34)46/h13-22H,11-12H2,1-10H3. The fourth-order valence-electron chi connectivity index (χ4n) is 6.65. The Morgan fingerprint density at radius 1 is 0.583 bits per heavy atom. The van der Waals surface area contributed by atoms with Gasteiger partial charge in [-0.2, -0.15) is 0 Å². The van der Waals surface area contributed by atoms with E-state index in [4.69, 9.17) is 9.47 Å². The van der Waals surface area contributed by atoms with Crippen LogP contribution in [0.5, 0.6) is 11.5 Å². The van der Waals surface area contributed by atoms with Gasteiger partial charge in [-0.15, -0.1) is 0 Å². The quantitative estimate of drug-likeness (QED) is 0.152. The summed E-state index contributed by atoms with van der Waals surface area (Å²) in [7, 11) is 0. The number of fused-ring (bicyclic) bond motifs is 2. The molecule has 2 heterocycles. The Kier molecular flexibility index (Phi) is 7.65. The van der Waals surface area contributed by atoms with Gasteiger partial charge in [-0.3, -0.25) is 9.48 Å². The van der Waals surface area contributed by atoms with Crippen LogP contribution in [-0.2, 0) is 10.4 Å². The van der Waals surface area contributed by atoms with Crippen LogP contribution in [0.3, 0.4) is 0 Å². The molecule has 0 bridgehead atoms. The lowest BCUT2D eigenvalue weighted by molar-refractivity contribution is -0.539. The van der Waals surface area contributed by atoms with E-state index in [0.717, 1.165) is 52.3 Å². The van der Waals surface area contributed by atoms with Crippen LogP contribution in [0.4, 0.5) is 0 Å². The molecule has 2 aliphatic rings. The van der Waals surface area contributed by atoms with Gasteiger partial charge in [0.1, 0.15) is 22.6 Å². The van der Waals surface area contributed by atoms with E-state index in [1.165, 1.54) is 0 Å². The predicted molar refractivity (Wildman–Crippen MR) is 186 cm³/mol. The Bertz CT molecular complexity index is 1880. The van der Waals surface area contributed by atoms with E-state index < -0.39 is 22.2 Å². The van der Waals surface area contributed by atoms with E-state index in [1.54, 1.807) is 67.5 Å². The SMILES string of the molecule is CCOc1ccc2cc(C3=[N+]([O-])C(C)(C)C(C)(C)N3[O])ccc2c1-c1c(OCC)ccc2cc(C3=[N+]([O-])C(C)(C)C(C)(C)N3[O])ccc12. The van der Waals surface area contributed by atoms with Crippen molar-refractivity contribution in [2.45, 2.75) is 91.4 Å². The highest BCUT2D eigenvalue weighted by Crippen LogP contribution is 2.47. The molecular formula is C38H44N4O6. The number of rotatable bonds is 7. The summed E-state index contributed by atoms with van der Waals surface area (Å²) in [4.78, 5) is 0. The average molecular weight is 653 g/mol. The van der Waals surface area contributed by atoms with Crippen molar-refractivity contribution < 1.29 is 29.4 Å². The number of ether oxygens (including phenoxy) is 2. The Morgan fingerprint density at radius 3 is 1.23 bits per heavy atom. The highest BCUT2D eigenvalue weighted by molar-refractivity contribution is 6.12. The van der Waals surface area contributed by atoms with Crippen LogP contribution in [0.15, 0.2) is 60.7 Å². The molecule has 48 heavy (non-hydrogen) atoms. The summed E-state index contributed by atoms with van der Waals surface area (Å²) >= 11 is 0. The molecule has 252 valence electrons. The van der Waals surface area contributed by atoms with E-state index >= 15 is 0 Å². The van der Waals surface area contributed by atoms with E-state index in [-0.39, 0.29) is 11.7 Å². The molecule has 0 amide bonds. The molecular weight excluding hydrogens is 608 g/mol. The van der Waals surface area contributed by atoms with Gasteiger partial charge >= 0.3 is 11.7 Å². The van der Waals surface area contributed by atoms with Crippen LogP contribution in [0.1, 0.15) is 80.4 Å². The maximum absolute atomic E-state index is 13.5. The molecule has 6 rings (SSSR count). The first-order valence-corrected chi connectivity index (χ1v) is 16.5. The van der Waals surface area contributed by atoms with Gasteiger partial charge in [0, 0.05) is 21.5 Å². The smallest absolute Gasteiger partial charge is 0.316 e. The van der Waals surface area contributed by atoms with Gasteiger partial charge in [-0.25, -0.2) is 0 Å². The summed E-state index contributed by atoms with van der Waals surface area (Å²) in [5.41, 5.74) is -1.11. The van der Waals surface area contributed by atoms with Crippen LogP contribution < -0.4 is 9.47 Å². The molecule has 2 aliphatic heterocycles. The topological polar surface area (TPSA) is 117 Å². The van der Waals surface area contributed by atoms with Gasteiger partial charge in [-0.05, 0) is 127 Å². The first-order valence-electron chi connectivity index (χ1n) is 16.5. The molecule has 0 fully saturated rings. The van der Waals surface area contributed by atoms with Gasteiger partial charge in [0.15, 0.2) is 11.1 Å². The van der Waals surface area contributed by atoms with Crippen LogP contribution in [0.25, 0.3) is 32.7 Å². The van der Waals surface area contributed by atoms with E-state index in [0.29, 0.717) is 35.8 Å². The van der Waals surface area contributed by atoms with Crippen LogP contribution >= 0.6 is 0 Å². The normalized spacial score (nSPS) is 19.6. The maximum Gasteiger partial charge on any atom is 0.316 e. The van der Waals surface area contributed by atoms with Crippen LogP contribution in [0, 0.1) is 10.4 Å². The molecule has 0 saturated carbocycles. The third kappa shape index (κ3) is 4.45. The molecule has 10 heteroatoms. The Balaban J connectivity index is 1.59. The van der Waals surface area contributed by atoms with E-state index in [1.807, 2.05) is 62.4 Å². The monoisotopic (exact) mass is 652 g/mol. The Labute approximate surface area is 281 Å². The van der Waals surface area contributed by atoms with Gasteiger partial charge in [0.25, 0.3) is 0 Å². The minimum Gasteiger partial charge on any atom is -0.714 e. The lowest BCUT2D eigenvalue weighted by Crippen LogP contribution is -2.53. The molecule has 2 radical (unpaired) electrons. The van der Waals surface area contributed by atoms with Crippen molar-refractivity contribution in [3.8, 4) is 22.6 Å². The van der Waals surface area contributed by atoms with Crippen LogP contribution in [-0.4, -0.2) is 66.6 Å². The summed E-state index contributed by atoms with van der Waals surface area (Å²) < 4.78 is 14.0. The molecule has 0 aromatic heterocycles. The van der Waals surface area contributed by atoms with Crippen molar-refractivity contribution in [2.75, 3.05) is 13.2 Å². The molecule has 4 aromatic rings. The lowest BCUT2D eigenvalue weighted by atomic mass is 9.84. The van der Waals surface area contributed by atoms with Crippen molar-refractivity contribution >= 4 is 33.2 Å². The second-order valence-corrected chi connectivity index (χ2v) is 14.7. The molecule has 0 atom stereocenters. The number of hydrogen-bond acceptors (Lipinski definition) is 6. The molecule has 0 aliphatic carbocycles. The Hall–Kier alpha value is -4.54. The van der Waals surface area contributed by atoms with Gasteiger partial charge < -0.3 is 19.9 Å². The van der Waals surface area contributed by atoms with Gasteiger partial charge in [-0.1, -0.05) is 34.4 Å². The van der Waals surface area contributed by atoms with Crippen molar-refractivity contribution in [3.05, 3.63) is 82.2 Å². The largest absolute Gasteiger partial charge is 0.714 e. The third-order valence-electron chi connectivity index (χ3n) is 11.1. The molecule has 0 saturated heterocycles. The second kappa shape index (κ2) is 11.0. The van der Waals surface area contributed by atoms with Crippen LogP contribution in [0.2, 0.25) is 0 Å². The first kappa shape index (κ1) is 33.4. The number of benzene rings is 4. The maximum atomic E-state index is 13.5. The second-order valence-electron chi connectivity index (χ2n) is 14.7. The summed E-state index contributed by atoms with van der Waals surface area (Å²) in [5.74, 6) is 1.44. The third-order valence-corrected chi connectivity index (χ3v) is 11.1. The summed E-state index contributed by atoms with van der Waals surface area (Å²) in [6.45, 7) is 18.9. The Morgan fingerprint density at radius 2 is 0.938 bits per heavy atom. The zero-order valence-electron chi connectivity index (χ0n) is 29.4. The fourth-order valence-corrected chi connectivity index (χ4v) is 6.65. The highest BCUT2D eigenvalue weighted by atomic mass is 16.5. The van der Waals surface area contributed by atoms with E-state index in [2.05, 4.69) is 0 Å². The van der Waals surface area contributed by atoms with Crippen molar-refractivity contribution in [2.24, 2.45) is 0 Å². The number of nitrogens with zero attached hydrogens (tertiary/aromatic N) is 4. The number of hydrogen-bond donors (Lipinski definition) is 0. The molecule has 0 unspecified atom stereocenters. The van der Waals surface area contributed by atoms with Gasteiger partial charge in [0.05, 0.1) is 24.3 Å². The minimum atomic E-state index is -0.939. The minimum absolute atomic E-state index is 0.0747. The van der Waals surface area contributed by atoms with E-state index in [9.17, 15) is 20.8 Å². The van der Waals surface area contributed by atoms with Gasteiger partial charge in [0.2, 0.25) is 0 Å².